The van der Waals surface area contributed by atoms with Crippen molar-refractivity contribution in [2.45, 2.75) is 6.92 Å². The molecule has 0 aliphatic heterocycles. The van der Waals surface area contributed by atoms with Crippen molar-refractivity contribution >= 4 is 34.5 Å². The van der Waals surface area contributed by atoms with Crippen molar-refractivity contribution < 1.29 is 14.1 Å². The lowest BCUT2D eigenvalue weighted by molar-refractivity contribution is 0.0986. The Balaban J connectivity index is 1.70. The van der Waals surface area contributed by atoms with E-state index in [0.717, 1.165) is 0 Å². The quantitative estimate of drug-likeness (QED) is 0.767. The Kier molecular flexibility index (Phi) is 4.20. The third-order valence-corrected chi connectivity index (χ3v) is 3.84. The van der Waals surface area contributed by atoms with Crippen LogP contribution in [0.3, 0.4) is 0 Å². The molecule has 0 spiro atoms. The van der Waals surface area contributed by atoms with Gasteiger partial charge in [0.05, 0.1) is 10.6 Å². The van der Waals surface area contributed by atoms with Crippen LogP contribution in [-0.2, 0) is 0 Å². The number of anilines is 2. The summed E-state index contributed by atoms with van der Waals surface area (Å²) in [7, 11) is 0. The zero-order chi connectivity index (χ0) is 16.2. The molecule has 0 aliphatic carbocycles. The average Bonchev–Trinajstić information content (AvgIpc) is 3.18. The van der Waals surface area contributed by atoms with E-state index in [4.69, 9.17) is 4.52 Å². The Labute approximate surface area is 136 Å². The molecule has 6 nitrogen and oxygen atoms in total. The molecule has 3 aromatic rings. The lowest BCUT2D eigenvalue weighted by Gasteiger charge is -2.07. The number of thiophene rings is 1. The third kappa shape index (κ3) is 3.64. The van der Waals surface area contributed by atoms with Gasteiger partial charge < -0.3 is 15.2 Å². The molecule has 0 radical (unpaired) electrons. The summed E-state index contributed by atoms with van der Waals surface area (Å²) in [4.78, 5) is 24.7. The van der Waals surface area contributed by atoms with E-state index in [9.17, 15) is 9.59 Å². The van der Waals surface area contributed by atoms with Gasteiger partial charge >= 0.3 is 0 Å². The van der Waals surface area contributed by atoms with E-state index in [2.05, 4.69) is 15.8 Å². The molecule has 0 atom stereocenters. The fourth-order valence-electron chi connectivity index (χ4n) is 1.94. The smallest absolute Gasteiger partial charge is 0.294 e. The van der Waals surface area contributed by atoms with Crippen LogP contribution in [0.4, 0.5) is 11.4 Å². The lowest BCUT2D eigenvalue weighted by Crippen LogP contribution is -2.12. The van der Waals surface area contributed by atoms with E-state index < -0.39 is 5.91 Å². The number of aromatic nitrogens is 1. The first-order valence-electron chi connectivity index (χ1n) is 6.81. The number of carbonyl (C=O) groups excluding carboxylic acids is 2. The minimum absolute atomic E-state index is 0.135. The van der Waals surface area contributed by atoms with Crippen molar-refractivity contribution in [2.24, 2.45) is 0 Å². The highest BCUT2D eigenvalue weighted by Gasteiger charge is 2.12. The summed E-state index contributed by atoms with van der Waals surface area (Å²) < 4.78 is 4.91. The SMILES string of the molecule is Cc1cc(C(=O)Nc2cccc(NC(=O)c3cccs3)c2)on1. The second-order valence-corrected chi connectivity index (χ2v) is 5.75. The van der Waals surface area contributed by atoms with Crippen LogP contribution in [0.2, 0.25) is 0 Å². The molecule has 23 heavy (non-hydrogen) atoms. The predicted molar refractivity (Wildman–Crippen MR) is 87.9 cm³/mol. The summed E-state index contributed by atoms with van der Waals surface area (Å²) in [5.41, 5.74) is 1.77. The summed E-state index contributed by atoms with van der Waals surface area (Å²) in [6, 6.07) is 12.0. The topological polar surface area (TPSA) is 84.2 Å². The highest BCUT2D eigenvalue weighted by molar-refractivity contribution is 7.12. The first-order valence-corrected chi connectivity index (χ1v) is 7.69. The molecular weight excluding hydrogens is 314 g/mol. The summed E-state index contributed by atoms with van der Waals surface area (Å²) in [5, 5.41) is 11.0. The molecule has 0 bridgehead atoms. The Morgan fingerprint density at radius 3 is 2.39 bits per heavy atom. The van der Waals surface area contributed by atoms with Gasteiger partial charge in [0.15, 0.2) is 0 Å². The number of aryl methyl sites for hydroxylation is 1. The van der Waals surface area contributed by atoms with Gasteiger partial charge in [-0.05, 0) is 36.6 Å². The van der Waals surface area contributed by atoms with Crippen molar-refractivity contribution in [3.63, 3.8) is 0 Å². The minimum atomic E-state index is -0.396. The number of benzene rings is 1. The van der Waals surface area contributed by atoms with Crippen molar-refractivity contribution in [1.29, 1.82) is 0 Å². The molecule has 2 heterocycles. The molecule has 7 heteroatoms. The second kappa shape index (κ2) is 6.45. The van der Waals surface area contributed by atoms with E-state index in [0.29, 0.717) is 21.9 Å². The van der Waals surface area contributed by atoms with Gasteiger partial charge in [0.2, 0.25) is 5.76 Å². The molecule has 2 N–H and O–H groups in total. The zero-order valence-electron chi connectivity index (χ0n) is 12.2. The maximum atomic E-state index is 12.0. The van der Waals surface area contributed by atoms with Crippen LogP contribution >= 0.6 is 11.3 Å². The molecular formula is C16H13N3O3S. The second-order valence-electron chi connectivity index (χ2n) is 4.80. The van der Waals surface area contributed by atoms with Gasteiger partial charge in [-0.1, -0.05) is 17.3 Å². The number of rotatable bonds is 4. The summed E-state index contributed by atoms with van der Waals surface area (Å²) >= 11 is 1.36. The Bertz CT molecular complexity index is 840. The van der Waals surface area contributed by atoms with E-state index in [1.165, 1.54) is 11.3 Å². The Morgan fingerprint density at radius 2 is 1.78 bits per heavy atom. The van der Waals surface area contributed by atoms with Gasteiger partial charge in [-0.2, -0.15) is 0 Å². The normalized spacial score (nSPS) is 10.3. The fourth-order valence-corrected chi connectivity index (χ4v) is 2.56. The molecule has 1 aromatic carbocycles. The molecule has 116 valence electrons. The Morgan fingerprint density at radius 1 is 1.04 bits per heavy atom. The molecule has 0 unspecified atom stereocenters. The van der Waals surface area contributed by atoms with Crippen molar-refractivity contribution in [3.05, 3.63) is 64.2 Å². The van der Waals surface area contributed by atoms with E-state index in [1.807, 2.05) is 11.4 Å². The van der Waals surface area contributed by atoms with E-state index >= 15 is 0 Å². The Hall–Kier alpha value is -2.93. The van der Waals surface area contributed by atoms with Crippen LogP contribution in [0, 0.1) is 6.92 Å². The monoisotopic (exact) mass is 327 g/mol. The van der Waals surface area contributed by atoms with Crippen molar-refractivity contribution in [2.75, 3.05) is 10.6 Å². The molecule has 0 saturated carbocycles. The standard InChI is InChI=1S/C16H13N3O3S/c1-10-8-13(22-19-10)15(20)17-11-4-2-5-12(9-11)18-16(21)14-6-3-7-23-14/h2-9H,1H3,(H,17,20)(H,18,21). The number of nitrogens with zero attached hydrogens (tertiary/aromatic N) is 1. The van der Waals surface area contributed by atoms with Gasteiger partial charge in [0, 0.05) is 17.4 Å². The van der Waals surface area contributed by atoms with Gasteiger partial charge in [0.25, 0.3) is 11.8 Å². The molecule has 0 saturated heterocycles. The molecule has 0 aliphatic rings. The number of hydrogen-bond donors (Lipinski definition) is 2. The number of amides is 2. The highest BCUT2D eigenvalue weighted by atomic mass is 32.1. The van der Waals surface area contributed by atoms with Gasteiger partial charge in [-0.3, -0.25) is 9.59 Å². The summed E-state index contributed by atoms with van der Waals surface area (Å²) in [5.74, 6) is -0.447. The van der Waals surface area contributed by atoms with Crippen LogP contribution < -0.4 is 10.6 Å². The summed E-state index contributed by atoms with van der Waals surface area (Å²) in [6.07, 6.45) is 0. The van der Waals surface area contributed by atoms with E-state index in [1.54, 1.807) is 43.3 Å². The lowest BCUT2D eigenvalue weighted by atomic mass is 10.2. The number of nitrogens with one attached hydrogen (secondary N) is 2. The molecule has 2 amide bonds. The maximum absolute atomic E-state index is 12.0. The summed E-state index contributed by atoms with van der Waals surface area (Å²) in [6.45, 7) is 1.74. The molecule has 0 fully saturated rings. The van der Waals surface area contributed by atoms with Crippen LogP contribution in [0.25, 0.3) is 0 Å². The first kappa shape index (κ1) is 15.0. The largest absolute Gasteiger partial charge is 0.351 e. The third-order valence-electron chi connectivity index (χ3n) is 2.98. The van der Waals surface area contributed by atoms with Crippen LogP contribution in [0.15, 0.2) is 52.4 Å². The highest BCUT2D eigenvalue weighted by Crippen LogP contribution is 2.18. The van der Waals surface area contributed by atoms with Gasteiger partial charge in [-0.25, -0.2) is 0 Å². The van der Waals surface area contributed by atoms with Crippen LogP contribution in [-0.4, -0.2) is 17.0 Å². The number of hydrogen-bond acceptors (Lipinski definition) is 5. The van der Waals surface area contributed by atoms with Crippen molar-refractivity contribution in [1.82, 2.24) is 5.16 Å². The molecule has 2 aromatic heterocycles. The maximum Gasteiger partial charge on any atom is 0.294 e. The van der Waals surface area contributed by atoms with Crippen LogP contribution in [0.5, 0.6) is 0 Å². The average molecular weight is 327 g/mol. The van der Waals surface area contributed by atoms with Gasteiger partial charge in [0.1, 0.15) is 0 Å². The first-order chi connectivity index (χ1) is 11.1. The number of carbonyl (C=O) groups is 2. The van der Waals surface area contributed by atoms with Crippen LogP contribution in [0.1, 0.15) is 25.9 Å². The fraction of sp³-hybridized carbons (Fsp3) is 0.0625. The minimum Gasteiger partial charge on any atom is -0.351 e. The van der Waals surface area contributed by atoms with E-state index in [-0.39, 0.29) is 11.7 Å². The predicted octanol–water partition coefficient (Wildman–Crippen LogP) is 3.55. The van der Waals surface area contributed by atoms with Crippen molar-refractivity contribution in [3.8, 4) is 0 Å². The molecule has 3 rings (SSSR count). The zero-order valence-corrected chi connectivity index (χ0v) is 13.0. The van der Waals surface area contributed by atoms with Gasteiger partial charge in [-0.15, -0.1) is 11.3 Å².